The summed E-state index contributed by atoms with van der Waals surface area (Å²) in [6.45, 7) is 1.64. The van der Waals surface area contributed by atoms with Crippen molar-refractivity contribution in [1.82, 2.24) is 20.0 Å². The van der Waals surface area contributed by atoms with Crippen LogP contribution in [0.5, 0.6) is 0 Å². The van der Waals surface area contributed by atoms with Gasteiger partial charge in [0.05, 0.1) is 18.4 Å². The number of hydrogen-bond donors (Lipinski definition) is 2. The van der Waals surface area contributed by atoms with Crippen LogP contribution in [0.2, 0.25) is 0 Å². The van der Waals surface area contributed by atoms with E-state index in [1.165, 1.54) is 6.08 Å². The fourth-order valence-electron chi connectivity index (χ4n) is 2.10. The summed E-state index contributed by atoms with van der Waals surface area (Å²) in [4.78, 5) is 25.5. The number of carbonyl (C=O) groups excluding carboxylic acids is 2. The Kier molecular flexibility index (Phi) is 6.47. The molecule has 2 aromatic rings. The van der Waals surface area contributed by atoms with Crippen LogP contribution in [-0.2, 0) is 11.3 Å². The summed E-state index contributed by atoms with van der Waals surface area (Å²) in [6, 6.07) is 7.00. The van der Waals surface area contributed by atoms with Crippen molar-refractivity contribution in [3.63, 3.8) is 0 Å². The number of anilines is 1. The molecule has 0 bridgehead atoms. The molecule has 0 aliphatic heterocycles. The highest BCUT2D eigenvalue weighted by molar-refractivity contribution is 6.01. The molecule has 1 aromatic heterocycles. The van der Waals surface area contributed by atoms with E-state index < -0.39 is 0 Å². The third-order valence-corrected chi connectivity index (χ3v) is 3.50. The lowest BCUT2D eigenvalue weighted by Crippen LogP contribution is -2.18. The van der Waals surface area contributed by atoms with Crippen LogP contribution in [0.15, 0.2) is 42.7 Å². The van der Waals surface area contributed by atoms with Crippen LogP contribution in [0.3, 0.4) is 0 Å². The van der Waals surface area contributed by atoms with E-state index in [1.807, 2.05) is 14.1 Å². The summed E-state index contributed by atoms with van der Waals surface area (Å²) in [6.07, 6.45) is 6.57. The first-order chi connectivity index (χ1) is 12.0. The minimum absolute atomic E-state index is 0.139. The van der Waals surface area contributed by atoms with Gasteiger partial charge in [0.1, 0.15) is 0 Å². The summed E-state index contributed by atoms with van der Waals surface area (Å²) in [5, 5.41) is 9.54. The number of carbonyl (C=O) groups is 2. The van der Waals surface area contributed by atoms with Gasteiger partial charge < -0.3 is 15.5 Å². The van der Waals surface area contributed by atoms with Crippen LogP contribution in [0, 0.1) is 0 Å². The maximum absolute atomic E-state index is 12.0. The molecular formula is C18H23N5O2. The first-order valence-electron chi connectivity index (χ1n) is 7.96. The molecule has 0 saturated heterocycles. The Balaban J connectivity index is 1.89. The fraction of sp³-hybridized carbons (Fsp3) is 0.278. The summed E-state index contributed by atoms with van der Waals surface area (Å²) < 4.78 is 1.79. The molecule has 1 heterocycles. The molecule has 0 unspecified atom stereocenters. The SMILES string of the molecule is CNC(=O)c1ccc(C=CC(=O)Nc2cnn(CCN(C)C)c2)cc1. The van der Waals surface area contributed by atoms with E-state index in [1.54, 1.807) is 54.5 Å². The van der Waals surface area contributed by atoms with Crippen molar-refractivity contribution in [1.29, 1.82) is 0 Å². The van der Waals surface area contributed by atoms with Gasteiger partial charge in [-0.25, -0.2) is 0 Å². The standard InChI is InChI=1S/C18H23N5O2/c1-19-18(25)15-7-4-14(5-8-15)6-9-17(24)21-16-12-20-23(13-16)11-10-22(2)3/h4-9,12-13H,10-11H2,1-3H3,(H,19,25)(H,21,24). The molecule has 7 nitrogen and oxygen atoms in total. The molecule has 0 aliphatic rings. The number of amides is 2. The van der Waals surface area contributed by atoms with Gasteiger partial charge in [0.15, 0.2) is 0 Å². The predicted molar refractivity (Wildman–Crippen MR) is 98.3 cm³/mol. The maximum atomic E-state index is 12.0. The number of nitrogens with zero attached hydrogens (tertiary/aromatic N) is 3. The molecule has 25 heavy (non-hydrogen) atoms. The van der Waals surface area contributed by atoms with Gasteiger partial charge in [0, 0.05) is 31.4 Å². The van der Waals surface area contributed by atoms with Gasteiger partial charge in [0.25, 0.3) is 5.91 Å². The van der Waals surface area contributed by atoms with Gasteiger partial charge in [-0.3, -0.25) is 14.3 Å². The Bertz CT molecular complexity index is 747. The second kappa shape index (κ2) is 8.79. The third-order valence-electron chi connectivity index (χ3n) is 3.50. The van der Waals surface area contributed by atoms with Crippen LogP contribution in [0.1, 0.15) is 15.9 Å². The molecular weight excluding hydrogens is 318 g/mol. The Labute approximate surface area is 147 Å². The molecule has 0 fully saturated rings. The lowest BCUT2D eigenvalue weighted by molar-refractivity contribution is -0.111. The van der Waals surface area contributed by atoms with E-state index in [2.05, 4.69) is 20.6 Å². The van der Waals surface area contributed by atoms with Crippen LogP contribution in [0.4, 0.5) is 5.69 Å². The zero-order valence-corrected chi connectivity index (χ0v) is 14.7. The molecule has 1 aromatic carbocycles. The van der Waals surface area contributed by atoms with Gasteiger partial charge in [-0.15, -0.1) is 0 Å². The first kappa shape index (κ1) is 18.4. The second-order valence-corrected chi connectivity index (χ2v) is 5.82. The van der Waals surface area contributed by atoms with E-state index in [0.29, 0.717) is 11.3 Å². The summed E-state index contributed by atoms with van der Waals surface area (Å²) in [7, 11) is 5.58. The van der Waals surface area contributed by atoms with Crippen molar-refractivity contribution >= 4 is 23.6 Å². The largest absolute Gasteiger partial charge is 0.355 e. The molecule has 0 atom stereocenters. The Hall–Kier alpha value is -2.93. The molecule has 0 aliphatic carbocycles. The van der Waals surface area contributed by atoms with Crippen molar-refractivity contribution < 1.29 is 9.59 Å². The van der Waals surface area contributed by atoms with Crippen molar-refractivity contribution in [2.24, 2.45) is 0 Å². The Morgan fingerprint density at radius 3 is 2.60 bits per heavy atom. The normalized spacial score (nSPS) is 11.0. The number of nitrogens with one attached hydrogen (secondary N) is 2. The summed E-state index contributed by atoms with van der Waals surface area (Å²) >= 11 is 0. The van der Waals surface area contributed by atoms with Gasteiger partial charge in [0.2, 0.25) is 5.91 Å². The van der Waals surface area contributed by atoms with Crippen LogP contribution < -0.4 is 10.6 Å². The molecule has 132 valence electrons. The number of likely N-dealkylation sites (N-methyl/N-ethyl adjacent to an activating group) is 1. The van der Waals surface area contributed by atoms with E-state index in [4.69, 9.17) is 0 Å². The highest BCUT2D eigenvalue weighted by atomic mass is 16.2. The fourth-order valence-corrected chi connectivity index (χ4v) is 2.10. The number of benzene rings is 1. The quantitative estimate of drug-likeness (QED) is 0.747. The Morgan fingerprint density at radius 2 is 1.96 bits per heavy atom. The summed E-state index contributed by atoms with van der Waals surface area (Å²) in [5.41, 5.74) is 2.07. The number of rotatable bonds is 7. The van der Waals surface area contributed by atoms with Crippen LogP contribution in [0.25, 0.3) is 6.08 Å². The van der Waals surface area contributed by atoms with E-state index >= 15 is 0 Å². The van der Waals surface area contributed by atoms with Crippen molar-refractivity contribution in [2.45, 2.75) is 6.54 Å². The molecule has 0 radical (unpaired) electrons. The second-order valence-electron chi connectivity index (χ2n) is 5.82. The predicted octanol–water partition coefficient (Wildman–Crippen LogP) is 1.46. The molecule has 0 spiro atoms. The molecule has 0 saturated carbocycles. The third kappa shape index (κ3) is 5.89. The summed E-state index contributed by atoms with van der Waals surface area (Å²) in [5.74, 6) is -0.373. The zero-order valence-electron chi connectivity index (χ0n) is 14.7. The minimum atomic E-state index is -0.234. The first-order valence-corrected chi connectivity index (χ1v) is 7.96. The highest BCUT2D eigenvalue weighted by Gasteiger charge is 2.03. The maximum Gasteiger partial charge on any atom is 0.251 e. The monoisotopic (exact) mass is 341 g/mol. The molecule has 2 rings (SSSR count). The molecule has 2 N–H and O–H groups in total. The van der Waals surface area contributed by atoms with Crippen LogP contribution in [-0.4, -0.2) is 54.2 Å². The van der Waals surface area contributed by atoms with E-state index in [-0.39, 0.29) is 11.8 Å². The average molecular weight is 341 g/mol. The smallest absolute Gasteiger partial charge is 0.251 e. The van der Waals surface area contributed by atoms with Crippen molar-refractivity contribution in [3.05, 3.63) is 53.9 Å². The lowest BCUT2D eigenvalue weighted by Gasteiger charge is -2.08. The lowest BCUT2D eigenvalue weighted by atomic mass is 10.1. The Morgan fingerprint density at radius 1 is 1.24 bits per heavy atom. The van der Waals surface area contributed by atoms with E-state index in [9.17, 15) is 9.59 Å². The van der Waals surface area contributed by atoms with Gasteiger partial charge in [-0.05, 0) is 37.9 Å². The minimum Gasteiger partial charge on any atom is -0.355 e. The number of aromatic nitrogens is 2. The topological polar surface area (TPSA) is 79.3 Å². The van der Waals surface area contributed by atoms with Crippen molar-refractivity contribution in [3.8, 4) is 0 Å². The number of hydrogen-bond acceptors (Lipinski definition) is 4. The zero-order chi connectivity index (χ0) is 18.2. The van der Waals surface area contributed by atoms with Crippen LogP contribution >= 0.6 is 0 Å². The van der Waals surface area contributed by atoms with Gasteiger partial charge in [-0.1, -0.05) is 12.1 Å². The van der Waals surface area contributed by atoms with Gasteiger partial charge in [-0.2, -0.15) is 5.10 Å². The van der Waals surface area contributed by atoms with Crippen molar-refractivity contribution in [2.75, 3.05) is 33.0 Å². The van der Waals surface area contributed by atoms with Gasteiger partial charge >= 0.3 is 0 Å². The van der Waals surface area contributed by atoms with E-state index in [0.717, 1.165) is 18.7 Å². The average Bonchev–Trinajstić information content (AvgIpc) is 3.05. The highest BCUT2D eigenvalue weighted by Crippen LogP contribution is 2.08. The molecule has 7 heteroatoms. The molecule has 2 amide bonds.